The molecule has 0 aliphatic carbocycles. The molecule has 3 aromatic rings. The average molecular weight is 322 g/mol. The summed E-state index contributed by atoms with van der Waals surface area (Å²) in [6, 6.07) is 15.5. The molecule has 5 nitrogen and oxygen atoms in total. The van der Waals surface area contributed by atoms with Gasteiger partial charge >= 0.3 is 5.97 Å². The Labute approximate surface area is 139 Å². The van der Waals surface area contributed by atoms with Crippen LogP contribution >= 0.6 is 0 Å². The molecule has 0 aliphatic rings. The van der Waals surface area contributed by atoms with E-state index in [1.165, 1.54) is 12.7 Å². The minimum Gasteiger partial charge on any atom is -0.469 e. The van der Waals surface area contributed by atoms with Crippen LogP contribution in [-0.2, 0) is 22.4 Å². The van der Waals surface area contributed by atoms with Gasteiger partial charge in [-0.3, -0.25) is 9.59 Å². The Hall–Kier alpha value is -2.95. The highest BCUT2D eigenvalue weighted by molar-refractivity contribution is 6.12. The number of aromatic nitrogens is 2. The van der Waals surface area contributed by atoms with Crippen LogP contribution in [0.15, 0.2) is 48.5 Å². The number of para-hydroxylation sites is 1. The van der Waals surface area contributed by atoms with Gasteiger partial charge in [0.25, 0.3) is 0 Å². The molecule has 122 valence electrons. The number of Topliss-reactive ketones (excluding diaryl/α,β-unsaturated/α-hetero) is 1. The molecule has 0 atom stereocenters. The van der Waals surface area contributed by atoms with Crippen LogP contribution < -0.4 is 0 Å². The van der Waals surface area contributed by atoms with Gasteiger partial charge < -0.3 is 9.72 Å². The van der Waals surface area contributed by atoms with Gasteiger partial charge in [0, 0.05) is 12.0 Å². The van der Waals surface area contributed by atoms with Crippen molar-refractivity contribution in [1.29, 1.82) is 0 Å². The number of esters is 1. The van der Waals surface area contributed by atoms with E-state index in [0.29, 0.717) is 11.1 Å². The largest absolute Gasteiger partial charge is 0.469 e. The van der Waals surface area contributed by atoms with Gasteiger partial charge in [-0.05, 0) is 24.1 Å². The Morgan fingerprint density at radius 3 is 2.58 bits per heavy atom. The first-order valence-corrected chi connectivity index (χ1v) is 7.79. The summed E-state index contributed by atoms with van der Waals surface area (Å²) in [4.78, 5) is 31.4. The van der Waals surface area contributed by atoms with Crippen LogP contribution in [0.4, 0.5) is 0 Å². The van der Waals surface area contributed by atoms with Crippen LogP contribution in [0.1, 0.15) is 28.2 Å². The zero-order valence-electron chi connectivity index (χ0n) is 13.4. The maximum atomic E-state index is 12.3. The van der Waals surface area contributed by atoms with E-state index in [4.69, 9.17) is 0 Å². The van der Waals surface area contributed by atoms with E-state index in [9.17, 15) is 9.59 Å². The fourth-order valence-corrected chi connectivity index (χ4v) is 2.63. The Morgan fingerprint density at radius 1 is 1.04 bits per heavy atom. The minimum atomic E-state index is -0.545. The van der Waals surface area contributed by atoms with E-state index in [-0.39, 0.29) is 12.2 Å². The van der Waals surface area contributed by atoms with Crippen LogP contribution in [0.3, 0.4) is 0 Å². The predicted octanol–water partition coefficient (Wildman–Crippen LogP) is 3.09. The molecule has 5 heteroatoms. The Morgan fingerprint density at radius 2 is 1.83 bits per heavy atom. The molecule has 0 spiro atoms. The molecule has 0 saturated carbocycles. The van der Waals surface area contributed by atoms with Crippen molar-refractivity contribution in [2.24, 2.45) is 0 Å². The highest BCUT2D eigenvalue weighted by Gasteiger charge is 2.17. The first kappa shape index (κ1) is 15.9. The normalized spacial score (nSPS) is 10.7. The van der Waals surface area contributed by atoms with Crippen LogP contribution in [0.25, 0.3) is 11.0 Å². The molecule has 24 heavy (non-hydrogen) atoms. The summed E-state index contributed by atoms with van der Waals surface area (Å²) in [7, 11) is 1.27. The zero-order chi connectivity index (χ0) is 16.9. The number of imidazole rings is 1. The summed E-state index contributed by atoms with van der Waals surface area (Å²) in [5.41, 5.74) is 3.09. The third-order valence-corrected chi connectivity index (χ3v) is 3.89. The number of H-pyrrole nitrogens is 1. The standard InChI is InChI=1S/C19H18N2O3/c1-24-18(23)12-16(22)14-8-5-9-15-19(14)21-17(20-15)11-10-13-6-3-2-4-7-13/h2-9H,10-12H2,1H3,(H,20,21). The number of ether oxygens (including phenoxy) is 1. The molecule has 0 saturated heterocycles. The van der Waals surface area contributed by atoms with Crippen molar-refractivity contribution >= 4 is 22.8 Å². The molecule has 0 radical (unpaired) electrons. The molecule has 0 fully saturated rings. The number of methoxy groups -OCH3 is 1. The third-order valence-electron chi connectivity index (χ3n) is 3.89. The number of hydrogen-bond donors (Lipinski definition) is 1. The first-order chi connectivity index (χ1) is 11.7. The van der Waals surface area contributed by atoms with Gasteiger partial charge in [0.2, 0.25) is 0 Å². The lowest BCUT2D eigenvalue weighted by Crippen LogP contribution is -2.09. The maximum Gasteiger partial charge on any atom is 0.313 e. The number of hydrogen-bond acceptors (Lipinski definition) is 4. The number of fused-ring (bicyclic) bond motifs is 1. The molecule has 0 amide bonds. The third kappa shape index (κ3) is 3.51. The second-order valence-electron chi connectivity index (χ2n) is 5.55. The molecular weight excluding hydrogens is 304 g/mol. The highest BCUT2D eigenvalue weighted by Crippen LogP contribution is 2.19. The van der Waals surface area contributed by atoms with Crippen molar-refractivity contribution in [2.75, 3.05) is 7.11 Å². The van der Waals surface area contributed by atoms with E-state index in [2.05, 4.69) is 26.8 Å². The van der Waals surface area contributed by atoms with Crippen molar-refractivity contribution in [1.82, 2.24) is 9.97 Å². The van der Waals surface area contributed by atoms with Crippen LogP contribution in [0.5, 0.6) is 0 Å². The quantitative estimate of drug-likeness (QED) is 0.430. The van der Waals surface area contributed by atoms with Gasteiger partial charge in [0.15, 0.2) is 5.78 Å². The summed E-state index contributed by atoms with van der Waals surface area (Å²) in [5, 5.41) is 0. The van der Waals surface area contributed by atoms with Gasteiger partial charge in [-0.2, -0.15) is 0 Å². The highest BCUT2D eigenvalue weighted by atomic mass is 16.5. The van der Waals surface area contributed by atoms with Gasteiger partial charge in [-0.1, -0.05) is 36.4 Å². The van der Waals surface area contributed by atoms with Gasteiger partial charge in [0.05, 0.1) is 18.1 Å². The van der Waals surface area contributed by atoms with Crippen molar-refractivity contribution in [3.8, 4) is 0 Å². The van der Waals surface area contributed by atoms with E-state index < -0.39 is 5.97 Å². The fourth-order valence-electron chi connectivity index (χ4n) is 2.63. The van der Waals surface area contributed by atoms with Crippen molar-refractivity contribution in [3.63, 3.8) is 0 Å². The van der Waals surface area contributed by atoms with Gasteiger partial charge in [0.1, 0.15) is 12.2 Å². The molecule has 3 rings (SSSR count). The monoisotopic (exact) mass is 322 g/mol. The summed E-state index contributed by atoms with van der Waals surface area (Å²) < 4.78 is 4.56. The van der Waals surface area contributed by atoms with Crippen molar-refractivity contribution in [3.05, 3.63) is 65.5 Å². The molecule has 1 N–H and O–H groups in total. The lowest BCUT2D eigenvalue weighted by Gasteiger charge is -2.00. The minimum absolute atomic E-state index is 0.276. The second-order valence-corrected chi connectivity index (χ2v) is 5.55. The summed E-state index contributed by atoms with van der Waals surface area (Å²) in [6.45, 7) is 0. The Kier molecular flexibility index (Phi) is 4.70. The van der Waals surface area contributed by atoms with Crippen LogP contribution in [0, 0.1) is 0 Å². The number of ketones is 1. The molecule has 1 heterocycles. The van der Waals surface area contributed by atoms with E-state index >= 15 is 0 Å². The maximum absolute atomic E-state index is 12.3. The number of benzene rings is 2. The number of aryl methyl sites for hydroxylation is 2. The first-order valence-electron chi connectivity index (χ1n) is 7.79. The van der Waals surface area contributed by atoms with E-state index in [1.807, 2.05) is 24.3 Å². The molecular formula is C19H18N2O3. The lowest BCUT2D eigenvalue weighted by atomic mass is 10.1. The Balaban J connectivity index is 1.81. The van der Waals surface area contributed by atoms with Crippen LogP contribution in [-0.4, -0.2) is 28.8 Å². The van der Waals surface area contributed by atoms with Crippen molar-refractivity contribution in [2.45, 2.75) is 19.3 Å². The van der Waals surface area contributed by atoms with Gasteiger partial charge in [-0.15, -0.1) is 0 Å². The van der Waals surface area contributed by atoms with E-state index in [0.717, 1.165) is 24.2 Å². The summed E-state index contributed by atoms with van der Waals surface area (Å²) >= 11 is 0. The summed E-state index contributed by atoms with van der Waals surface area (Å²) in [6.07, 6.45) is 1.34. The number of nitrogens with zero attached hydrogens (tertiary/aromatic N) is 1. The topological polar surface area (TPSA) is 72.1 Å². The average Bonchev–Trinajstić information content (AvgIpc) is 3.03. The number of carbonyl (C=O) groups is 2. The molecule has 0 bridgehead atoms. The molecule has 0 unspecified atom stereocenters. The van der Waals surface area contributed by atoms with Crippen molar-refractivity contribution < 1.29 is 14.3 Å². The smallest absolute Gasteiger partial charge is 0.313 e. The molecule has 1 aromatic heterocycles. The van der Waals surface area contributed by atoms with Gasteiger partial charge in [-0.25, -0.2) is 4.98 Å². The number of aromatic amines is 1. The lowest BCUT2D eigenvalue weighted by molar-refractivity contribution is -0.139. The second kappa shape index (κ2) is 7.08. The van der Waals surface area contributed by atoms with E-state index in [1.54, 1.807) is 12.1 Å². The number of nitrogens with one attached hydrogen (secondary N) is 1. The molecule has 2 aromatic carbocycles. The number of carbonyl (C=O) groups excluding carboxylic acids is 2. The van der Waals surface area contributed by atoms with Crippen LogP contribution in [0.2, 0.25) is 0 Å². The number of rotatable bonds is 6. The predicted molar refractivity (Wildman–Crippen MR) is 90.9 cm³/mol. The zero-order valence-corrected chi connectivity index (χ0v) is 13.4. The fraction of sp³-hybridized carbons (Fsp3) is 0.211. The summed E-state index contributed by atoms with van der Waals surface area (Å²) in [5.74, 6) is -0.00225. The Bertz CT molecular complexity index is 869. The SMILES string of the molecule is COC(=O)CC(=O)c1cccc2[nH]c(CCc3ccccc3)nc12. The molecule has 0 aliphatic heterocycles.